The van der Waals surface area contributed by atoms with Crippen molar-refractivity contribution in [2.45, 2.75) is 33.2 Å². The summed E-state index contributed by atoms with van der Waals surface area (Å²) in [5.41, 5.74) is 3.02. The summed E-state index contributed by atoms with van der Waals surface area (Å²) in [5.74, 6) is 0.195. The first kappa shape index (κ1) is 15.9. The van der Waals surface area contributed by atoms with E-state index in [1.807, 2.05) is 46.0 Å². The fraction of sp³-hybridized carbons (Fsp3) is 0.562. The molecule has 3 nitrogen and oxygen atoms in total. The fourth-order valence-corrected chi connectivity index (χ4v) is 2.08. The van der Waals surface area contributed by atoms with E-state index in [-0.39, 0.29) is 11.8 Å². The number of hydrogen-bond acceptors (Lipinski definition) is 3. The largest absolute Gasteiger partial charge is 0.385 e. The van der Waals surface area contributed by atoms with Crippen molar-refractivity contribution in [3.8, 4) is 0 Å². The molecular formula is C16H25NO2. The van der Waals surface area contributed by atoms with E-state index in [0.29, 0.717) is 0 Å². The van der Waals surface area contributed by atoms with Gasteiger partial charge in [0.1, 0.15) is 0 Å². The quantitative estimate of drug-likeness (QED) is 0.559. The highest BCUT2D eigenvalue weighted by Gasteiger charge is 2.20. The second-order valence-corrected chi connectivity index (χ2v) is 5.19. The van der Waals surface area contributed by atoms with Crippen LogP contribution in [0.4, 0.5) is 0 Å². The summed E-state index contributed by atoms with van der Waals surface area (Å²) >= 11 is 0. The molecule has 0 radical (unpaired) electrons. The monoisotopic (exact) mass is 263 g/mol. The standard InChI is InChI=1S/C16H25NO2/c1-12-7-8-13(2)15(11-12)16(18)14(3)17(4)9-6-10-19-5/h7-8,11,14H,6,9-10H2,1-5H3. The predicted octanol–water partition coefficient (Wildman–Crippen LogP) is 2.84. The van der Waals surface area contributed by atoms with Gasteiger partial charge < -0.3 is 4.74 Å². The van der Waals surface area contributed by atoms with Gasteiger partial charge in [-0.1, -0.05) is 17.7 Å². The molecule has 0 spiro atoms. The molecule has 0 aliphatic rings. The number of ether oxygens (including phenoxy) is 1. The van der Waals surface area contributed by atoms with E-state index in [1.165, 1.54) is 0 Å². The van der Waals surface area contributed by atoms with E-state index in [9.17, 15) is 4.79 Å². The van der Waals surface area contributed by atoms with Crippen LogP contribution in [0.25, 0.3) is 0 Å². The van der Waals surface area contributed by atoms with Crippen molar-refractivity contribution in [3.63, 3.8) is 0 Å². The normalized spacial score (nSPS) is 12.7. The molecule has 0 saturated carbocycles. The number of methoxy groups -OCH3 is 1. The molecule has 0 aliphatic carbocycles. The van der Waals surface area contributed by atoms with Gasteiger partial charge in [-0.2, -0.15) is 0 Å². The molecule has 0 saturated heterocycles. The molecule has 1 rings (SSSR count). The highest BCUT2D eigenvalue weighted by molar-refractivity contribution is 6.01. The zero-order valence-electron chi connectivity index (χ0n) is 12.7. The molecule has 19 heavy (non-hydrogen) atoms. The minimum absolute atomic E-state index is 0.0997. The van der Waals surface area contributed by atoms with Crippen molar-refractivity contribution in [3.05, 3.63) is 34.9 Å². The number of aryl methyl sites for hydroxylation is 2. The third kappa shape index (κ3) is 4.44. The topological polar surface area (TPSA) is 29.5 Å². The third-order valence-electron chi connectivity index (χ3n) is 3.56. The number of carbonyl (C=O) groups is 1. The van der Waals surface area contributed by atoms with E-state index < -0.39 is 0 Å². The number of benzene rings is 1. The summed E-state index contributed by atoms with van der Waals surface area (Å²) in [7, 11) is 3.69. The Balaban J connectivity index is 2.73. The average Bonchev–Trinajstić information content (AvgIpc) is 2.40. The summed E-state index contributed by atoms with van der Waals surface area (Å²) in [6.45, 7) is 7.57. The van der Waals surface area contributed by atoms with E-state index >= 15 is 0 Å². The maximum absolute atomic E-state index is 12.5. The van der Waals surface area contributed by atoms with Crippen molar-refractivity contribution in [2.24, 2.45) is 0 Å². The van der Waals surface area contributed by atoms with Crippen LogP contribution in [0, 0.1) is 13.8 Å². The number of rotatable bonds is 7. The Kier molecular flexibility index (Phi) is 6.19. The molecule has 1 unspecified atom stereocenters. The average molecular weight is 263 g/mol. The Hall–Kier alpha value is -1.19. The Morgan fingerprint density at radius 2 is 2.05 bits per heavy atom. The van der Waals surface area contributed by atoms with E-state index in [0.717, 1.165) is 36.3 Å². The van der Waals surface area contributed by atoms with Crippen molar-refractivity contribution < 1.29 is 9.53 Å². The Morgan fingerprint density at radius 3 is 2.68 bits per heavy atom. The maximum atomic E-state index is 12.5. The van der Waals surface area contributed by atoms with Crippen molar-refractivity contribution in [2.75, 3.05) is 27.3 Å². The molecule has 1 aromatic carbocycles. The lowest BCUT2D eigenvalue weighted by Crippen LogP contribution is -2.37. The van der Waals surface area contributed by atoms with Crippen LogP contribution in [-0.2, 0) is 4.74 Å². The number of carbonyl (C=O) groups excluding carboxylic acids is 1. The lowest BCUT2D eigenvalue weighted by Gasteiger charge is -2.24. The number of nitrogens with zero attached hydrogens (tertiary/aromatic N) is 1. The van der Waals surface area contributed by atoms with Crippen LogP contribution in [0.5, 0.6) is 0 Å². The molecule has 0 aliphatic heterocycles. The van der Waals surface area contributed by atoms with Gasteiger partial charge in [-0.05, 0) is 45.9 Å². The van der Waals surface area contributed by atoms with Gasteiger partial charge >= 0.3 is 0 Å². The van der Waals surface area contributed by atoms with E-state index in [1.54, 1.807) is 7.11 Å². The summed E-state index contributed by atoms with van der Waals surface area (Å²) < 4.78 is 5.04. The fourth-order valence-electron chi connectivity index (χ4n) is 2.08. The van der Waals surface area contributed by atoms with Gasteiger partial charge in [0.15, 0.2) is 5.78 Å². The third-order valence-corrected chi connectivity index (χ3v) is 3.56. The Morgan fingerprint density at radius 1 is 1.37 bits per heavy atom. The highest BCUT2D eigenvalue weighted by atomic mass is 16.5. The molecule has 0 aromatic heterocycles. The predicted molar refractivity (Wildman–Crippen MR) is 78.8 cm³/mol. The maximum Gasteiger partial charge on any atom is 0.179 e. The Labute approximate surface area is 116 Å². The van der Waals surface area contributed by atoms with Gasteiger partial charge in [-0.3, -0.25) is 9.69 Å². The molecule has 0 N–H and O–H groups in total. The van der Waals surface area contributed by atoms with Crippen LogP contribution >= 0.6 is 0 Å². The molecule has 1 atom stereocenters. The molecule has 0 fully saturated rings. The van der Waals surface area contributed by atoms with Gasteiger partial charge in [0.25, 0.3) is 0 Å². The van der Waals surface area contributed by atoms with Crippen molar-refractivity contribution in [1.82, 2.24) is 4.90 Å². The van der Waals surface area contributed by atoms with E-state index in [2.05, 4.69) is 4.90 Å². The van der Waals surface area contributed by atoms with Gasteiger partial charge in [0.05, 0.1) is 6.04 Å². The van der Waals surface area contributed by atoms with Crippen LogP contribution in [-0.4, -0.2) is 44.0 Å². The van der Waals surface area contributed by atoms with E-state index in [4.69, 9.17) is 4.74 Å². The summed E-state index contributed by atoms with van der Waals surface area (Å²) in [4.78, 5) is 14.6. The zero-order chi connectivity index (χ0) is 14.4. The molecular weight excluding hydrogens is 238 g/mol. The first-order valence-corrected chi connectivity index (χ1v) is 6.78. The molecule has 0 heterocycles. The molecule has 0 bridgehead atoms. The van der Waals surface area contributed by atoms with Gasteiger partial charge in [-0.15, -0.1) is 0 Å². The minimum atomic E-state index is -0.0997. The first-order chi connectivity index (χ1) is 8.97. The first-order valence-electron chi connectivity index (χ1n) is 6.78. The van der Waals surface area contributed by atoms with Crippen LogP contribution in [0.2, 0.25) is 0 Å². The van der Waals surface area contributed by atoms with Gasteiger partial charge in [0.2, 0.25) is 0 Å². The number of Topliss-reactive ketones (excluding diaryl/α,β-unsaturated/α-hetero) is 1. The minimum Gasteiger partial charge on any atom is -0.385 e. The lowest BCUT2D eigenvalue weighted by molar-refractivity contribution is 0.0854. The molecule has 0 amide bonds. The number of ketones is 1. The van der Waals surface area contributed by atoms with Gasteiger partial charge in [-0.25, -0.2) is 0 Å². The van der Waals surface area contributed by atoms with Crippen LogP contribution in [0.15, 0.2) is 18.2 Å². The van der Waals surface area contributed by atoms with Crippen molar-refractivity contribution >= 4 is 5.78 Å². The summed E-state index contributed by atoms with van der Waals surface area (Å²) in [5, 5.41) is 0. The molecule has 1 aromatic rings. The van der Waals surface area contributed by atoms with Crippen molar-refractivity contribution in [1.29, 1.82) is 0 Å². The van der Waals surface area contributed by atoms with Crippen LogP contribution < -0.4 is 0 Å². The molecule has 106 valence electrons. The Bertz CT molecular complexity index is 429. The lowest BCUT2D eigenvalue weighted by atomic mass is 9.97. The second-order valence-electron chi connectivity index (χ2n) is 5.19. The van der Waals surface area contributed by atoms with Gasteiger partial charge in [0, 0.05) is 25.8 Å². The highest BCUT2D eigenvalue weighted by Crippen LogP contribution is 2.15. The number of likely N-dealkylation sites (N-methyl/N-ethyl adjacent to an activating group) is 1. The second kappa shape index (κ2) is 7.41. The summed E-state index contributed by atoms with van der Waals surface area (Å²) in [6, 6.07) is 5.94. The SMILES string of the molecule is COCCCN(C)C(C)C(=O)c1cc(C)ccc1C. The summed E-state index contributed by atoms with van der Waals surface area (Å²) in [6.07, 6.45) is 0.942. The number of hydrogen-bond donors (Lipinski definition) is 0. The van der Waals surface area contributed by atoms with Crippen LogP contribution in [0.1, 0.15) is 34.8 Å². The molecule has 3 heteroatoms. The smallest absolute Gasteiger partial charge is 0.179 e. The zero-order valence-corrected chi connectivity index (χ0v) is 12.7. The van der Waals surface area contributed by atoms with Crippen LogP contribution in [0.3, 0.4) is 0 Å².